The largest absolute Gasteiger partial charge is 0.387 e. The second kappa shape index (κ2) is 7.10. The molecule has 0 aromatic heterocycles. The Balaban J connectivity index is 1.74. The number of halogens is 1. The molecular weight excluding hydrogens is 250 g/mol. The van der Waals surface area contributed by atoms with Crippen LogP contribution in [0.4, 0.5) is 0 Å². The lowest BCUT2D eigenvalue weighted by molar-refractivity contribution is 0.0649. The summed E-state index contributed by atoms with van der Waals surface area (Å²) < 4.78 is 5.32. The topological polar surface area (TPSA) is 41.5 Å². The van der Waals surface area contributed by atoms with Crippen molar-refractivity contribution in [3.63, 3.8) is 0 Å². The van der Waals surface area contributed by atoms with E-state index in [-0.39, 0.29) is 0 Å². The number of aliphatic hydroxyl groups excluding tert-OH is 1. The van der Waals surface area contributed by atoms with Crippen LogP contribution in [0.3, 0.4) is 0 Å². The Kier molecular flexibility index (Phi) is 5.45. The van der Waals surface area contributed by atoms with E-state index in [2.05, 4.69) is 5.32 Å². The highest BCUT2D eigenvalue weighted by molar-refractivity contribution is 6.31. The molecule has 3 nitrogen and oxygen atoms in total. The second-order valence-corrected chi connectivity index (χ2v) is 5.16. The monoisotopic (exact) mass is 269 g/mol. The number of ether oxygens (including phenoxy) is 1. The Hall–Kier alpha value is -0.610. The van der Waals surface area contributed by atoms with E-state index in [1.807, 2.05) is 18.2 Å². The van der Waals surface area contributed by atoms with Gasteiger partial charge in [-0.15, -0.1) is 0 Å². The van der Waals surface area contributed by atoms with Gasteiger partial charge in [-0.25, -0.2) is 0 Å². The number of benzene rings is 1. The minimum atomic E-state index is -0.543. The van der Waals surface area contributed by atoms with Crippen LogP contribution in [0.1, 0.15) is 24.5 Å². The molecule has 2 rings (SSSR count). The number of rotatable bonds is 5. The molecule has 0 spiro atoms. The maximum atomic E-state index is 10.1. The Morgan fingerprint density at radius 1 is 1.33 bits per heavy atom. The lowest BCUT2D eigenvalue weighted by atomic mass is 10.0. The molecule has 1 aromatic rings. The number of hydrogen-bond acceptors (Lipinski definition) is 3. The summed E-state index contributed by atoms with van der Waals surface area (Å²) in [4.78, 5) is 0. The Labute approximate surface area is 113 Å². The molecule has 0 saturated carbocycles. The first-order valence-electron chi connectivity index (χ1n) is 6.48. The van der Waals surface area contributed by atoms with Crippen LogP contribution in [-0.2, 0) is 4.74 Å². The van der Waals surface area contributed by atoms with Crippen molar-refractivity contribution in [3.05, 3.63) is 34.9 Å². The molecule has 1 saturated heterocycles. The van der Waals surface area contributed by atoms with Crippen LogP contribution < -0.4 is 5.32 Å². The zero-order chi connectivity index (χ0) is 12.8. The summed E-state index contributed by atoms with van der Waals surface area (Å²) in [6, 6.07) is 7.43. The third-order valence-electron chi connectivity index (χ3n) is 3.38. The number of aliphatic hydroxyl groups is 1. The molecule has 2 N–H and O–H groups in total. The van der Waals surface area contributed by atoms with Crippen molar-refractivity contribution in [1.82, 2.24) is 5.32 Å². The lowest BCUT2D eigenvalue weighted by Crippen LogP contribution is -2.30. The van der Waals surface area contributed by atoms with E-state index >= 15 is 0 Å². The molecule has 18 heavy (non-hydrogen) atoms. The minimum absolute atomic E-state index is 0.543. The standard InChI is InChI=1S/C14H20ClNO2/c15-13-4-2-1-3-12(13)14(17)10-16-9-11-5-7-18-8-6-11/h1-4,11,14,16-17H,5-10H2/t14-/m1/s1. The van der Waals surface area contributed by atoms with Gasteiger partial charge in [0.25, 0.3) is 0 Å². The normalized spacial score (nSPS) is 18.8. The van der Waals surface area contributed by atoms with Gasteiger partial charge in [0.2, 0.25) is 0 Å². The van der Waals surface area contributed by atoms with E-state index in [9.17, 15) is 5.11 Å². The van der Waals surface area contributed by atoms with Gasteiger partial charge in [0.1, 0.15) is 0 Å². The van der Waals surface area contributed by atoms with E-state index in [0.29, 0.717) is 17.5 Å². The smallest absolute Gasteiger partial charge is 0.0928 e. The van der Waals surface area contributed by atoms with E-state index < -0.39 is 6.10 Å². The summed E-state index contributed by atoms with van der Waals surface area (Å²) >= 11 is 6.04. The number of hydrogen-bond donors (Lipinski definition) is 2. The summed E-state index contributed by atoms with van der Waals surface area (Å²) in [6.45, 7) is 3.20. The van der Waals surface area contributed by atoms with Gasteiger partial charge in [0, 0.05) is 30.3 Å². The average Bonchev–Trinajstić information content (AvgIpc) is 2.40. The third-order valence-corrected chi connectivity index (χ3v) is 3.72. The molecule has 1 atom stereocenters. The molecular formula is C14H20ClNO2. The first-order valence-corrected chi connectivity index (χ1v) is 6.86. The van der Waals surface area contributed by atoms with Crippen molar-refractivity contribution >= 4 is 11.6 Å². The SMILES string of the molecule is O[C@H](CNCC1CCOCC1)c1ccccc1Cl. The average molecular weight is 270 g/mol. The van der Waals surface area contributed by atoms with Gasteiger partial charge >= 0.3 is 0 Å². The predicted octanol–water partition coefficient (Wildman–Crippen LogP) is 2.39. The summed E-state index contributed by atoms with van der Waals surface area (Å²) in [5.74, 6) is 0.664. The van der Waals surface area contributed by atoms with Crippen molar-refractivity contribution in [2.75, 3.05) is 26.3 Å². The highest BCUT2D eigenvalue weighted by atomic mass is 35.5. The van der Waals surface area contributed by atoms with Crippen LogP contribution in [0.5, 0.6) is 0 Å². The Bertz CT molecular complexity index is 367. The fraction of sp³-hybridized carbons (Fsp3) is 0.571. The van der Waals surface area contributed by atoms with Crippen molar-refractivity contribution in [2.24, 2.45) is 5.92 Å². The molecule has 100 valence electrons. The Morgan fingerprint density at radius 2 is 2.06 bits per heavy atom. The third kappa shape index (κ3) is 3.95. The van der Waals surface area contributed by atoms with Crippen LogP contribution in [-0.4, -0.2) is 31.4 Å². The molecule has 0 aliphatic carbocycles. The zero-order valence-corrected chi connectivity index (χ0v) is 11.2. The van der Waals surface area contributed by atoms with Crippen LogP contribution >= 0.6 is 11.6 Å². The summed E-state index contributed by atoms with van der Waals surface area (Å²) in [5, 5.41) is 14.0. The van der Waals surface area contributed by atoms with Gasteiger partial charge in [-0.3, -0.25) is 0 Å². The zero-order valence-electron chi connectivity index (χ0n) is 10.4. The molecule has 0 bridgehead atoms. The predicted molar refractivity (Wildman–Crippen MR) is 72.8 cm³/mol. The maximum Gasteiger partial charge on any atom is 0.0928 e. The van der Waals surface area contributed by atoms with Crippen LogP contribution in [0.15, 0.2) is 24.3 Å². The first-order chi connectivity index (χ1) is 8.77. The molecule has 1 fully saturated rings. The van der Waals surface area contributed by atoms with Crippen molar-refractivity contribution in [3.8, 4) is 0 Å². The molecule has 1 aliphatic heterocycles. The maximum absolute atomic E-state index is 10.1. The highest BCUT2D eigenvalue weighted by Crippen LogP contribution is 2.22. The number of nitrogens with one attached hydrogen (secondary N) is 1. The van der Waals surface area contributed by atoms with Gasteiger partial charge in [-0.05, 0) is 31.4 Å². The van der Waals surface area contributed by atoms with Crippen LogP contribution in [0, 0.1) is 5.92 Å². The van der Waals surface area contributed by atoms with Gasteiger partial charge in [-0.2, -0.15) is 0 Å². The minimum Gasteiger partial charge on any atom is -0.387 e. The molecule has 1 aromatic carbocycles. The lowest BCUT2D eigenvalue weighted by Gasteiger charge is -2.23. The highest BCUT2D eigenvalue weighted by Gasteiger charge is 2.15. The van der Waals surface area contributed by atoms with Crippen LogP contribution in [0.2, 0.25) is 5.02 Å². The Morgan fingerprint density at radius 3 is 2.78 bits per heavy atom. The molecule has 0 amide bonds. The summed E-state index contributed by atoms with van der Waals surface area (Å²) in [6.07, 6.45) is 1.67. The quantitative estimate of drug-likeness (QED) is 0.862. The molecule has 1 aliphatic rings. The van der Waals surface area contributed by atoms with Gasteiger partial charge in [0.15, 0.2) is 0 Å². The van der Waals surface area contributed by atoms with E-state index in [1.165, 1.54) is 0 Å². The van der Waals surface area contributed by atoms with Crippen LogP contribution in [0.25, 0.3) is 0 Å². The van der Waals surface area contributed by atoms with E-state index in [4.69, 9.17) is 16.3 Å². The van der Waals surface area contributed by atoms with Gasteiger partial charge < -0.3 is 15.2 Å². The second-order valence-electron chi connectivity index (χ2n) is 4.75. The fourth-order valence-electron chi connectivity index (χ4n) is 2.23. The van der Waals surface area contributed by atoms with E-state index in [1.54, 1.807) is 6.07 Å². The summed E-state index contributed by atoms with van der Waals surface area (Å²) in [7, 11) is 0. The van der Waals surface area contributed by atoms with Crippen molar-refractivity contribution < 1.29 is 9.84 Å². The fourth-order valence-corrected chi connectivity index (χ4v) is 2.49. The van der Waals surface area contributed by atoms with E-state index in [0.717, 1.165) is 38.2 Å². The molecule has 0 unspecified atom stereocenters. The van der Waals surface area contributed by atoms with Gasteiger partial charge in [0.05, 0.1) is 6.10 Å². The molecule has 1 heterocycles. The van der Waals surface area contributed by atoms with Crippen molar-refractivity contribution in [1.29, 1.82) is 0 Å². The molecule has 4 heteroatoms. The summed E-state index contributed by atoms with van der Waals surface area (Å²) in [5.41, 5.74) is 0.790. The van der Waals surface area contributed by atoms with Crippen molar-refractivity contribution in [2.45, 2.75) is 18.9 Å². The first kappa shape index (κ1) is 13.8. The van der Waals surface area contributed by atoms with Gasteiger partial charge in [-0.1, -0.05) is 29.8 Å². The molecule has 0 radical (unpaired) electrons.